The van der Waals surface area contributed by atoms with Gasteiger partial charge in [-0.3, -0.25) is 0 Å². The molecule has 0 saturated heterocycles. The Kier molecular flexibility index (Phi) is 17.5. The molecule has 2 atom stereocenters. The van der Waals surface area contributed by atoms with Crippen LogP contribution in [0.4, 0.5) is 0 Å². The standard InChI is InChI=1S/C14H30O5.Ca.2H/c1-11(2)9-13(17-7-5-15)19-14(10-12(3)4)18-8-6-16;;;/h11-16H,5-10H2,1-4H3;;;. The summed E-state index contributed by atoms with van der Waals surface area (Å²) in [6, 6.07) is 0. The maximum atomic E-state index is 8.83. The summed E-state index contributed by atoms with van der Waals surface area (Å²) in [7, 11) is 0. The van der Waals surface area contributed by atoms with Gasteiger partial charge in [-0.15, -0.1) is 0 Å². The fraction of sp³-hybridized carbons (Fsp3) is 1.00. The van der Waals surface area contributed by atoms with Crippen molar-refractivity contribution in [3.8, 4) is 0 Å². The third-order valence-electron chi connectivity index (χ3n) is 2.42. The van der Waals surface area contributed by atoms with Crippen LogP contribution in [0, 0.1) is 11.8 Å². The Morgan fingerprint density at radius 2 is 1.10 bits per heavy atom. The number of hydrogen-bond donors (Lipinski definition) is 2. The van der Waals surface area contributed by atoms with E-state index in [-0.39, 0.29) is 76.7 Å². The van der Waals surface area contributed by atoms with Crippen molar-refractivity contribution in [3.05, 3.63) is 0 Å². The van der Waals surface area contributed by atoms with Gasteiger partial charge in [-0.2, -0.15) is 0 Å². The van der Waals surface area contributed by atoms with Crippen LogP contribution >= 0.6 is 0 Å². The Morgan fingerprint density at radius 1 is 0.750 bits per heavy atom. The summed E-state index contributed by atoms with van der Waals surface area (Å²) in [5, 5.41) is 17.7. The molecule has 0 radical (unpaired) electrons. The minimum absolute atomic E-state index is 0. The molecular weight excluding hydrogens is 288 g/mol. The Labute approximate surface area is 153 Å². The van der Waals surface area contributed by atoms with Crippen LogP contribution in [-0.4, -0.2) is 87.0 Å². The molecule has 6 heteroatoms. The van der Waals surface area contributed by atoms with E-state index in [0.717, 1.165) is 12.8 Å². The van der Waals surface area contributed by atoms with Gasteiger partial charge in [0.25, 0.3) is 0 Å². The summed E-state index contributed by atoms with van der Waals surface area (Å²) in [5.41, 5.74) is 0. The van der Waals surface area contributed by atoms with E-state index in [1.165, 1.54) is 0 Å². The van der Waals surface area contributed by atoms with E-state index >= 15 is 0 Å². The number of rotatable bonds is 12. The van der Waals surface area contributed by atoms with Crippen LogP contribution in [0.2, 0.25) is 0 Å². The zero-order valence-corrected chi connectivity index (χ0v) is 12.7. The van der Waals surface area contributed by atoms with Gasteiger partial charge < -0.3 is 24.4 Å². The second kappa shape index (κ2) is 15.0. The van der Waals surface area contributed by atoms with Crippen LogP contribution in [0.5, 0.6) is 0 Å². The van der Waals surface area contributed by atoms with Gasteiger partial charge in [0, 0.05) is 12.8 Å². The van der Waals surface area contributed by atoms with E-state index in [1.54, 1.807) is 0 Å². The van der Waals surface area contributed by atoms with Crippen molar-refractivity contribution in [3.63, 3.8) is 0 Å². The molecule has 0 spiro atoms. The first-order valence-electron chi connectivity index (χ1n) is 7.10. The van der Waals surface area contributed by atoms with E-state index in [0.29, 0.717) is 11.8 Å². The molecule has 0 fully saturated rings. The van der Waals surface area contributed by atoms with Gasteiger partial charge in [-0.05, 0) is 11.8 Å². The van der Waals surface area contributed by atoms with Gasteiger partial charge in [0.2, 0.25) is 0 Å². The van der Waals surface area contributed by atoms with E-state index in [9.17, 15) is 0 Å². The molecule has 0 aliphatic heterocycles. The van der Waals surface area contributed by atoms with Crippen molar-refractivity contribution in [2.45, 2.75) is 53.1 Å². The SMILES string of the molecule is CC(C)CC(OCCO)OC(CC(C)C)OCCO.[CaH2]. The first-order valence-corrected chi connectivity index (χ1v) is 7.10. The van der Waals surface area contributed by atoms with Gasteiger partial charge in [0.05, 0.1) is 26.4 Å². The van der Waals surface area contributed by atoms with Crippen LogP contribution in [0.15, 0.2) is 0 Å². The minimum atomic E-state index is -0.380. The molecule has 0 saturated carbocycles. The van der Waals surface area contributed by atoms with Crippen LogP contribution in [0.25, 0.3) is 0 Å². The van der Waals surface area contributed by atoms with E-state index in [2.05, 4.69) is 27.7 Å². The van der Waals surface area contributed by atoms with Crippen molar-refractivity contribution in [2.24, 2.45) is 11.8 Å². The Hall–Kier alpha value is 1.06. The molecule has 0 bridgehead atoms. The summed E-state index contributed by atoms with van der Waals surface area (Å²) in [4.78, 5) is 0. The average molecular weight is 320 g/mol. The number of hydrogen-bond acceptors (Lipinski definition) is 5. The summed E-state index contributed by atoms with van der Waals surface area (Å²) in [5.74, 6) is 0.863. The average Bonchev–Trinajstić information content (AvgIpc) is 2.31. The van der Waals surface area contributed by atoms with E-state index in [1.807, 2.05) is 0 Å². The fourth-order valence-corrected chi connectivity index (χ4v) is 1.63. The molecule has 5 nitrogen and oxygen atoms in total. The van der Waals surface area contributed by atoms with Gasteiger partial charge >= 0.3 is 37.7 Å². The normalized spacial score (nSPS) is 14.4. The van der Waals surface area contributed by atoms with Gasteiger partial charge in [-0.1, -0.05) is 27.7 Å². The van der Waals surface area contributed by atoms with Gasteiger partial charge in [-0.25, -0.2) is 0 Å². The molecule has 0 aliphatic carbocycles. The molecule has 0 rings (SSSR count). The van der Waals surface area contributed by atoms with Crippen molar-refractivity contribution in [1.29, 1.82) is 0 Å². The van der Waals surface area contributed by atoms with Gasteiger partial charge in [0.1, 0.15) is 0 Å². The molecule has 0 aliphatic rings. The predicted octanol–water partition coefficient (Wildman–Crippen LogP) is 0.849. The number of aliphatic hydroxyl groups excluding tert-OH is 2. The Bertz CT molecular complexity index is 182. The van der Waals surface area contributed by atoms with E-state index < -0.39 is 0 Å². The topological polar surface area (TPSA) is 68.2 Å². The molecule has 20 heavy (non-hydrogen) atoms. The molecule has 120 valence electrons. The fourth-order valence-electron chi connectivity index (χ4n) is 1.63. The van der Waals surface area contributed by atoms with E-state index in [4.69, 9.17) is 24.4 Å². The molecule has 2 N–H and O–H groups in total. The molecule has 0 heterocycles. The zero-order chi connectivity index (χ0) is 14.7. The number of aliphatic hydroxyl groups is 2. The monoisotopic (exact) mass is 320 g/mol. The Morgan fingerprint density at radius 3 is 1.35 bits per heavy atom. The van der Waals surface area contributed by atoms with Crippen molar-refractivity contribution in [2.75, 3.05) is 26.4 Å². The first-order chi connectivity index (χ1) is 8.99. The maximum absolute atomic E-state index is 8.83. The summed E-state index contributed by atoms with van der Waals surface area (Å²) >= 11 is 0. The molecule has 0 aromatic carbocycles. The van der Waals surface area contributed by atoms with Crippen molar-refractivity contribution in [1.82, 2.24) is 0 Å². The second-order valence-corrected chi connectivity index (χ2v) is 5.44. The van der Waals surface area contributed by atoms with Crippen LogP contribution < -0.4 is 0 Å². The third-order valence-corrected chi connectivity index (χ3v) is 2.42. The quantitative estimate of drug-likeness (QED) is 0.412. The third kappa shape index (κ3) is 14.0. The second-order valence-electron chi connectivity index (χ2n) is 5.44. The van der Waals surface area contributed by atoms with Crippen molar-refractivity contribution < 1.29 is 24.4 Å². The van der Waals surface area contributed by atoms with Crippen LogP contribution in [-0.2, 0) is 14.2 Å². The molecule has 0 aromatic heterocycles. The molecular formula is C14H32CaO5. The molecule has 0 aromatic rings. The van der Waals surface area contributed by atoms with Crippen LogP contribution in [0.3, 0.4) is 0 Å². The molecule has 0 amide bonds. The summed E-state index contributed by atoms with van der Waals surface area (Å²) in [6.45, 7) is 8.82. The van der Waals surface area contributed by atoms with Crippen LogP contribution in [0.1, 0.15) is 40.5 Å². The van der Waals surface area contributed by atoms with Crippen molar-refractivity contribution >= 4 is 37.7 Å². The molecule has 2 unspecified atom stereocenters. The Balaban J connectivity index is 0. The zero-order valence-electron chi connectivity index (χ0n) is 12.7. The first kappa shape index (κ1) is 23.3. The predicted molar refractivity (Wildman–Crippen MR) is 82.2 cm³/mol. The summed E-state index contributed by atoms with van der Waals surface area (Å²) in [6.07, 6.45) is 0.734. The summed E-state index contributed by atoms with van der Waals surface area (Å²) < 4.78 is 16.8. The van der Waals surface area contributed by atoms with Gasteiger partial charge in [0.15, 0.2) is 12.6 Å². The number of ether oxygens (including phenoxy) is 3.